The van der Waals surface area contributed by atoms with Crippen LogP contribution in [0.1, 0.15) is 21.5 Å². The lowest BCUT2D eigenvalue weighted by molar-refractivity contribution is -0.144. The number of thioether (sulfide) groups is 2. The van der Waals surface area contributed by atoms with Gasteiger partial charge in [0.25, 0.3) is 5.91 Å². The Labute approximate surface area is 304 Å². The van der Waals surface area contributed by atoms with Crippen LogP contribution in [0.5, 0.6) is 23.0 Å². The van der Waals surface area contributed by atoms with Gasteiger partial charge in [-0.2, -0.15) is 0 Å². The second-order valence-electron chi connectivity index (χ2n) is 11.7. The highest BCUT2D eigenvalue weighted by atomic mass is 35.5. The van der Waals surface area contributed by atoms with Crippen molar-refractivity contribution in [2.45, 2.75) is 34.8 Å². The van der Waals surface area contributed by atoms with Crippen LogP contribution in [-0.4, -0.2) is 103 Å². The molecule has 3 heterocycles. The molecule has 3 saturated heterocycles. The van der Waals surface area contributed by atoms with Gasteiger partial charge in [0, 0.05) is 12.3 Å². The summed E-state index contributed by atoms with van der Waals surface area (Å²) in [5, 5.41) is -0.255. The van der Waals surface area contributed by atoms with Crippen LogP contribution in [0, 0.1) is 0 Å². The zero-order chi connectivity index (χ0) is 35.4. The number of hydrogen-bond acceptors (Lipinski definition) is 12. The summed E-state index contributed by atoms with van der Waals surface area (Å²) >= 11 is 9.48. The van der Waals surface area contributed by atoms with E-state index in [2.05, 4.69) is 4.65 Å². The highest BCUT2D eigenvalue weighted by Gasteiger charge is 2.61. The monoisotopic (exact) mass is 739 g/mol. The standard InChI is InChI=1S/C34H35BClN3O9S2/c1-43-23-7-3-20(4-8-23)15-46-26-12-11-25(27(36)29(26)47-16-21-5-9-24(44-2)10-6-21)30(40)38-13-14-45-17-22(38)18-49-34(33(42)48-35)19-39-31(41)28(37)32(39)50-34/h3-12,22,28,32H,13-19,37H2,1-2H3/t22-,28+,32+,34+/m0/s1. The average molecular weight is 740 g/mol. The molecule has 6 rings (SSSR count). The highest BCUT2D eigenvalue weighted by Crippen LogP contribution is 2.53. The van der Waals surface area contributed by atoms with Gasteiger partial charge in [0.05, 0.1) is 50.6 Å². The summed E-state index contributed by atoms with van der Waals surface area (Å²) < 4.78 is 32.1. The number of fused-ring (bicyclic) bond motifs is 1. The topological polar surface area (TPSA) is 139 Å². The molecule has 3 aliphatic rings. The van der Waals surface area contributed by atoms with E-state index in [1.807, 2.05) is 48.5 Å². The van der Waals surface area contributed by atoms with Crippen molar-refractivity contribution in [2.75, 3.05) is 46.3 Å². The zero-order valence-corrected chi connectivity index (χ0v) is 29.8. The lowest BCUT2D eigenvalue weighted by atomic mass is 10.1. The van der Waals surface area contributed by atoms with Crippen molar-refractivity contribution in [3.05, 3.63) is 82.4 Å². The smallest absolute Gasteiger partial charge is 0.378 e. The molecule has 0 spiro atoms. The fourth-order valence-electron chi connectivity index (χ4n) is 5.81. The number of benzene rings is 3. The maximum atomic E-state index is 14.2. The van der Waals surface area contributed by atoms with Crippen LogP contribution in [-0.2, 0) is 32.2 Å². The molecule has 3 aromatic rings. The zero-order valence-electron chi connectivity index (χ0n) is 27.4. The number of halogens is 1. The Morgan fingerprint density at radius 2 is 1.66 bits per heavy atom. The number of carbonyl (C=O) groups is 3. The van der Waals surface area contributed by atoms with Crippen LogP contribution < -0.4 is 24.7 Å². The Bertz CT molecular complexity index is 1720. The summed E-state index contributed by atoms with van der Waals surface area (Å²) in [5.74, 6) is 1.06. The van der Waals surface area contributed by atoms with E-state index in [9.17, 15) is 14.4 Å². The number of amides is 2. The van der Waals surface area contributed by atoms with Crippen molar-refractivity contribution in [3.63, 3.8) is 0 Å². The first-order chi connectivity index (χ1) is 24.2. The van der Waals surface area contributed by atoms with Crippen molar-refractivity contribution in [3.8, 4) is 23.0 Å². The maximum Gasteiger partial charge on any atom is 0.378 e. The Morgan fingerprint density at radius 3 is 2.26 bits per heavy atom. The largest absolute Gasteiger partial charge is 0.542 e. The molecule has 12 nitrogen and oxygen atoms in total. The lowest BCUT2D eigenvalue weighted by Gasteiger charge is -2.38. The van der Waals surface area contributed by atoms with Crippen LogP contribution in [0.4, 0.5) is 0 Å². The average Bonchev–Trinajstić information content (AvgIpc) is 3.53. The predicted molar refractivity (Wildman–Crippen MR) is 190 cm³/mol. The minimum Gasteiger partial charge on any atom is -0.542 e. The third-order valence-electron chi connectivity index (χ3n) is 8.67. The molecule has 4 atom stereocenters. The lowest BCUT2D eigenvalue weighted by Crippen LogP contribution is -2.64. The third-order valence-corrected chi connectivity index (χ3v) is 12.5. The van der Waals surface area contributed by atoms with Crippen molar-refractivity contribution >= 4 is 61.0 Å². The Kier molecular flexibility index (Phi) is 11.3. The summed E-state index contributed by atoms with van der Waals surface area (Å²) in [6.07, 6.45) is 0. The number of nitrogens with two attached hydrogens (primary N) is 1. The first kappa shape index (κ1) is 36.0. The number of ether oxygens (including phenoxy) is 5. The first-order valence-corrected chi connectivity index (χ1v) is 17.9. The van der Waals surface area contributed by atoms with Crippen LogP contribution in [0.15, 0.2) is 60.7 Å². The van der Waals surface area contributed by atoms with E-state index in [4.69, 9.17) is 49.1 Å². The second-order valence-corrected chi connectivity index (χ2v) is 15.1. The quantitative estimate of drug-likeness (QED) is 0.202. The van der Waals surface area contributed by atoms with Crippen LogP contribution in [0.25, 0.3) is 0 Å². The van der Waals surface area contributed by atoms with Crippen LogP contribution in [0.3, 0.4) is 0 Å². The molecular weight excluding hydrogens is 705 g/mol. The van der Waals surface area contributed by atoms with Gasteiger partial charge >= 0.3 is 14.0 Å². The van der Waals surface area contributed by atoms with Gasteiger partial charge in [-0.15, -0.1) is 23.5 Å². The normalized spacial score (nSPS) is 22.7. The molecule has 262 valence electrons. The van der Waals surface area contributed by atoms with Gasteiger partial charge in [0.2, 0.25) is 5.91 Å². The number of hydrogen-bond donors (Lipinski definition) is 1. The van der Waals surface area contributed by atoms with Gasteiger partial charge in [-0.05, 0) is 47.5 Å². The van der Waals surface area contributed by atoms with Gasteiger partial charge in [0.1, 0.15) is 36.1 Å². The van der Waals surface area contributed by atoms with Crippen molar-refractivity contribution in [1.82, 2.24) is 9.80 Å². The molecule has 16 heteroatoms. The van der Waals surface area contributed by atoms with Gasteiger partial charge in [-0.25, -0.2) is 0 Å². The number of rotatable bonds is 13. The molecule has 2 amide bonds. The van der Waals surface area contributed by atoms with E-state index in [1.54, 1.807) is 36.2 Å². The second kappa shape index (κ2) is 15.6. The molecule has 0 aromatic heterocycles. The molecule has 0 aliphatic carbocycles. The van der Waals surface area contributed by atoms with E-state index in [-0.39, 0.29) is 66.4 Å². The van der Waals surface area contributed by atoms with E-state index < -0.39 is 22.1 Å². The Morgan fingerprint density at radius 1 is 1.02 bits per heavy atom. The first-order valence-electron chi connectivity index (χ1n) is 15.7. The van der Waals surface area contributed by atoms with E-state index >= 15 is 0 Å². The number of carbonyl (C=O) groups excluding carboxylic acids is 3. The van der Waals surface area contributed by atoms with Crippen LogP contribution in [0.2, 0.25) is 5.02 Å². The minimum atomic E-state index is -1.20. The molecule has 2 N–H and O–H groups in total. The van der Waals surface area contributed by atoms with Crippen molar-refractivity contribution < 1.29 is 42.7 Å². The fourth-order valence-corrected chi connectivity index (χ4v) is 9.33. The van der Waals surface area contributed by atoms with Gasteiger partial charge in [0.15, 0.2) is 15.6 Å². The molecule has 0 unspecified atom stereocenters. The molecular formula is C34H35BClN3O9S2. The van der Waals surface area contributed by atoms with E-state index in [0.717, 1.165) is 16.9 Å². The van der Waals surface area contributed by atoms with E-state index in [1.165, 1.54) is 23.5 Å². The number of nitrogens with zero attached hydrogens (tertiary/aromatic N) is 2. The number of morpholine rings is 1. The molecule has 2 radical (unpaired) electrons. The summed E-state index contributed by atoms with van der Waals surface area (Å²) in [6, 6.07) is 17.0. The third kappa shape index (κ3) is 7.33. The summed E-state index contributed by atoms with van der Waals surface area (Å²) in [5.41, 5.74) is 7.95. The SMILES string of the molecule is [B]OC(=O)[C@@]1(SC[C@@H]2COCCN2C(=O)c2ccc(OCc3ccc(OC)cc3)c(OCc3ccc(OC)cc3)c2Cl)CN2C(=O)[C@@H](N)[C@H]2S1. The van der Waals surface area contributed by atoms with E-state index in [0.29, 0.717) is 23.9 Å². The Hall–Kier alpha value is -3.76. The fraction of sp³-hybridized carbons (Fsp3) is 0.382. The molecule has 3 aliphatic heterocycles. The molecule has 0 saturated carbocycles. The van der Waals surface area contributed by atoms with Gasteiger partial charge in [-0.3, -0.25) is 14.4 Å². The summed E-state index contributed by atoms with van der Waals surface area (Å²) in [7, 11) is 8.51. The van der Waals surface area contributed by atoms with Crippen molar-refractivity contribution in [2.24, 2.45) is 5.73 Å². The summed E-state index contributed by atoms with van der Waals surface area (Å²) in [6.45, 7) is 1.30. The molecule has 3 aromatic carbocycles. The predicted octanol–water partition coefficient (Wildman–Crippen LogP) is 3.65. The Balaban J connectivity index is 1.22. The van der Waals surface area contributed by atoms with Crippen LogP contribution >= 0.6 is 35.1 Å². The van der Waals surface area contributed by atoms with Crippen molar-refractivity contribution in [1.29, 1.82) is 0 Å². The maximum absolute atomic E-state index is 14.2. The summed E-state index contributed by atoms with van der Waals surface area (Å²) in [4.78, 5) is 42.7. The molecule has 0 bridgehead atoms. The molecule has 50 heavy (non-hydrogen) atoms. The van der Waals surface area contributed by atoms with Gasteiger partial charge in [-0.1, -0.05) is 35.9 Å². The highest BCUT2D eigenvalue weighted by molar-refractivity contribution is 8.20. The number of β-lactam (4-membered cyclic amide) rings is 1. The molecule has 3 fully saturated rings. The minimum absolute atomic E-state index is 0.0931. The van der Waals surface area contributed by atoms with Gasteiger partial charge < -0.3 is 43.9 Å². The number of methoxy groups -OCH3 is 2.